The third kappa shape index (κ3) is 3.97. The number of nitrogens with one attached hydrogen (secondary N) is 1. The number of benzene rings is 2. The first-order valence-corrected chi connectivity index (χ1v) is 7.55. The van der Waals surface area contributed by atoms with Gasteiger partial charge in [-0.15, -0.1) is 0 Å². The summed E-state index contributed by atoms with van der Waals surface area (Å²) in [6, 6.07) is 8.45. The second kappa shape index (κ2) is 7.08. The molecule has 0 aromatic heterocycles. The number of hydrogen-bond acceptors (Lipinski definition) is 5. The number of carbonyl (C=O) groups is 1. The molecule has 0 atom stereocenters. The lowest BCUT2D eigenvalue weighted by molar-refractivity contribution is -0.394. The van der Waals surface area contributed by atoms with Crippen molar-refractivity contribution in [3.63, 3.8) is 0 Å². The van der Waals surface area contributed by atoms with Crippen LogP contribution in [0.15, 0.2) is 36.4 Å². The van der Waals surface area contributed by atoms with Crippen LogP contribution in [0.2, 0.25) is 0 Å². The molecule has 130 valence electrons. The number of carbonyl (C=O) groups excluding carboxylic acids is 1. The van der Waals surface area contributed by atoms with Gasteiger partial charge in [0, 0.05) is 17.8 Å². The first-order valence-electron chi connectivity index (χ1n) is 7.55. The highest BCUT2D eigenvalue weighted by molar-refractivity contribution is 6.06. The van der Waals surface area contributed by atoms with E-state index in [9.17, 15) is 25.0 Å². The molecular weight excluding hydrogens is 326 g/mol. The van der Waals surface area contributed by atoms with Crippen molar-refractivity contribution in [3.8, 4) is 0 Å². The van der Waals surface area contributed by atoms with E-state index in [1.165, 1.54) is 0 Å². The van der Waals surface area contributed by atoms with E-state index in [0.29, 0.717) is 5.69 Å². The Morgan fingerprint density at radius 2 is 1.60 bits per heavy atom. The molecule has 0 aliphatic rings. The number of aryl methyl sites for hydroxylation is 1. The monoisotopic (exact) mass is 343 g/mol. The number of para-hydroxylation sites is 1. The number of nitro benzene ring substituents is 2. The van der Waals surface area contributed by atoms with Crippen molar-refractivity contribution in [2.24, 2.45) is 0 Å². The zero-order valence-corrected chi connectivity index (χ0v) is 14.0. The molecule has 0 aliphatic heterocycles. The summed E-state index contributed by atoms with van der Waals surface area (Å²) >= 11 is 0. The van der Waals surface area contributed by atoms with Gasteiger partial charge in [0.05, 0.1) is 21.5 Å². The Hall–Kier alpha value is -3.29. The third-order valence-corrected chi connectivity index (χ3v) is 3.75. The summed E-state index contributed by atoms with van der Waals surface area (Å²) in [7, 11) is 0. The molecular formula is C17H17N3O5. The molecule has 1 amide bonds. The summed E-state index contributed by atoms with van der Waals surface area (Å²) in [4.78, 5) is 32.9. The largest absolute Gasteiger partial charge is 0.321 e. The van der Waals surface area contributed by atoms with Gasteiger partial charge in [0.15, 0.2) is 0 Å². The van der Waals surface area contributed by atoms with Crippen LogP contribution in [0.1, 0.15) is 41.3 Å². The Morgan fingerprint density at radius 1 is 1.04 bits per heavy atom. The molecule has 2 aromatic carbocycles. The highest BCUT2D eigenvalue weighted by Gasteiger charge is 2.21. The standard InChI is InChI=1S/C17H17N3O5/c1-10(2)15-6-4-5-11(3)16(15)18-17(21)12-7-13(19(22)23)9-14(8-12)20(24)25/h4-10H,1-3H3,(H,18,21). The van der Waals surface area contributed by atoms with Gasteiger partial charge in [-0.05, 0) is 24.0 Å². The van der Waals surface area contributed by atoms with E-state index in [-0.39, 0.29) is 11.5 Å². The number of nitro groups is 2. The Morgan fingerprint density at radius 3 is 2.08 bits per heavy atom. The van der Waals surface area contributed by atoms with Gasteiger partial charge in [0.1, 0.15) is 0 Å². The van der Waals surface area contributed by atoms with E-state index < -0.39 is 27.1 Å². The Bertz CT molecular complexity index is 829. The molecule has 0 unspecified atom stereocenters. The van der Waals surface area contributed by atoms with E-state index >= 15 is 0 Å². The van der Waals surface area contributed by atoms with Crippen LogP contribution in [0.5, 0.6) is 0 Å². The summed E-state index contributed by atoms with van der Waals surface area (Å²) in [6.07, 6.45) is 0. The molecule has 0 fully saturated rings. The molecule has 0 bridgehead atoms. The summed E-state index contributed by atoms with van der Waals surface area (Å²) < 4.78 is 0. The molecule has 1 N–H and O–H groups in total. The maximum absolute atomic E-state index is 12.5. The van der Waals surface area contributed by atoms with Crippen molar-refractivity contribution < 1.29 is 14.6 Å². The van der Waals surface area contributed by atoms with E-state index in [1.807, 2.05) is 39.0 Å². The lowest BCUT2D eigenvalue weighted by atomic mass is 9.98. The van der Waals surface area contributed by atoms with E-state index in [2.05, 4.69) is 5.32 Å². The fraction of sp³-hybridized carbons (Fsp3) is 0.235. The van der Waals surface area contributed by atoms with Gasteiger partial charge in [-0.2, -0.15) is 0 Å². The van der Waals surface area contributed by atoms with Crippen molar-refractivity contribution >= 4 is 23.0 Å². The van der Waals surface area contributed by atoms with E-state index in [1.54, 1.807) is 0 Å². The molecule has 2 aromatic rings. The van der Waals surface area contributed by atoms with Gasteiger partial charge in [0.25, 0.3) is 17.3 Å². The molecule has 0 radical (unpaired) electrons. The van der Waals surface area contributed by atoms with Crippen LogP contribution in [0.4, 0.5) is 17.1 Å². The number of nitrogens with zero attached hydrogens (tertiary/aromatic N) is 2. The fourth-order valence-electron chi connectivity index (χ4n) is 2.47. The van der Waals surface area contributed by atoms with Crippen molar-refractivity contribution in [1.82, 2.24) is 0 Å². The minimum atomic E-state index is -0.767. The van der Waals surface area contributed by atoms with Crippen LogP contribution < -0.4 is 5.32 Å². The van der Waals surface area contributed by atoms with Crippen LogP contribution in [-0.2, 0) is 0 Å². The molecule has 2 rings (SSSR count). The third-order valence-electron chi connectivity index (χ3n) is 3.75. The summed E-state index contributed by atoms with van der Waals surface area (Å²) in [6.45, 7) is 5.78. The lowest BCUT2D eigenvalue weighted by Crippen LogP contribution is -2.15. The summed E-state index contributed by atoms with van der Waals surface area (Å²) in [5.74, 6) is -0.488. The zero-order valence-electron chi connectivity index (χ0n) is 14.0. The van der Waals surface area contributed by atoms with Crippen LogP contribution in [-0.4, -0.2) is 15.8 Å². The first kappa shape index (κ1) is 18.1. The topological polar surface area (TPSA) is 115 Å². The molecule has 0 saturated heterocycles. The smallest absolute Gasteiger partial charge is 0.277 e. The second-order valence-electron chi connectivity index (χ2n) is 5.90. The maximum atomic E-state index is 12.5. The van der Waals surface area contributed by atoms with Crippen molar-refractivity contribution in [1.29, 1.82) is 0 Å². The molecule has 8 heteroatoms. The van der Waals surface area contributed by atoms with Crippen molar-refractivity contribution in [2.75, 3.05) is 5.32 Å². The van der Waals surface area contributed by atoms with Gasteiger partial charge in [-0.1, -0.05) is 32.0 Å². The first-order chi connectivity index (χ1) is 11.7. The number of rotatable bonds is 5. The second-order valence-corrected chi connectivity index (χ2v) is 5.90. The van der Waals surface area contributed by atoms with Crippen LogP contribution in [0.25, 0.3) is 0 Å². The van der Waals surface area contributed by atoms with Gasteiger partial charge in [-0.25, -0.2) is 0 Å². The average Bonchev–Trinajstić information content (AvgIpc) is 2.55. The van der Waals surface area contributed by atoms with Gasteiger partial charge in [0.2, 0.25) is 0 Å². The van der Waals surface area contributed by atoms with E-state index in [4.69, 9.17) is 0 Å². The summed E-state index contributed by atoms with van der Waals surface area (Å²) in [5.41, 5.74) is 1.20. The molecule has 8 nitrogen and oxygen atoms in total. The highest BCUT2D eigenvalue weighted by Crippen LogP contribution is 2.29. The molecule has 0 saturated carbocycles. The van der Waals surface area contributed by atoms with Crippen LogP contribution in [0.3, 0.4) is 0 Å². The Labute approximate surface area is 143 Å². The normalized spacial score (nSPS) is 10.6. The minimum Gasteiger partial charge on any atom is -0.321 e. The minimum absolute atomic E-state index is 0.140. The van der Waals surface area contributed by atoms with Gasteiger partial charge < -0.3 is 5.32 Å². The summed E-state index contributed by atoms with van der Waals surface area (Å²) in [5, 5.41) is 24.6. The average molecular weight is 343 g/mol. The van der Waals surface area contributed by atoms with Crippen LogP contribution in [0, 0.1) is 27.2 Å². The predicted molar refractivity (Wildman–Crippen MR) is 93.0 cm³/mol. The van der Waals surface area contributed by atoms with Gasteiger partial charge in [-0.3, -0.25) is 25.0 Å². The molecule has 0 aliphatic carbocycles. The SMILES string of the molecule is Cc1cccc(C(C)C)c1NC(=O)c1cc([N+](=O)[O-])cc([N+](=O)[O-])c1. The zero-order chi connectivity index (χ0) is 18.7. The van der Waals surface area contributed by atoms with Crippen LogP contribution >= 0.6 is 0 Å². The lowest BCUT2D eigenvalue weighted by Gasteiger charge is -2.16. The number of amides is 1. The van der Waals surface area contributed by atoms with Crippen molar-refractivity contribution in [2.45, 2.75) is 26.7 Å². The predicted octanol–water partition coefficient (Wildman–Crippen LogP) is 4.19. The van der Waals surface area contributed by atoms with Gasteiger partial charge >= 0.3 is 0 Å². The number of non-ortho nitro benzene ring substituents is 2. The van der Waals surface area contributed by atoms with Crippen molar-refractivity contribution in [3.05, 3.63) is 73.3 Å². The fourth-order valence-corrected chi connectivity index (χ4v) is 2.47. The Balaban J connectivity index is 2.46. The van der Waals surface area contributed by atoms with E-state index in [0.717, 1.165) is 29.3 Å². The quantitative estimate of drug-likeness (QED) is 0.645. The highest BCUT2D eigenvalue weighted by atomic mass is 16.6. The maximum Gasteiger partial charge on any atom is 0.277 e. The molecule has 25 heavy (non-hydrogen) atoms. The molecule has 0 spiro atoms. The Kier molecular flexibility index (Phi) is 5.11. The number of anilines is 1. The molecule has 0 heterocycles. The number of hydrogen-bond donors (Lipinski definition) is 1.